The van der Waals surface area contributed by atoms with Crippen molar-refractivity contribution in [2.45, 2.75) is 64.6 Å². The highest BCUT2D eigenvalue weighted by Gasteiger charge is 2.20. The monoisotopic (exact) mass is 275 g/mol. The van der Waals surface area contributed by atoms with Crippen molar-refractivity contribution in [2.75, 3.05) is 18.0 Å². The van der Waals surface area contributed by atoms with Gasteiger partial charge in [-0.15, -0.1) is 0 Å². The van der Waals surface area contributed by atoms with E-state index in [0.717, 1.165) is 19.5 Å². The molecule has 0 spiro atoms. The lowest BCUT2D eigenvalue weighted by Gasteiger charge is -2.32. The molecule has 0 bridgehead atoms. The topological polar surface area (TPSA) is 12.5 Å². The van der Waals surface area contributed by atoms with Crippen LogP contribution in [0.2, 0.25) is 0 Å². The second kappa shape index (κ2) is 8.31. The van der Waals surface area contributed by atoms with E-state index in [0.29, 0.717) is 12.2 Å². The van der Waals surface area contributed by atoms with Crippen molar-refractivity contribution in [2.24, 2.45) is 0 Å². The normalized spacial score (nSPS) is 17.9. The Morgan fingerprint density at radius 3 is 2.40 bits per heavy atom. The van der Waals surface area contributed by atoms with Gasteiger partial charge in [0.1, 0.15) is 0 Å². The molecule has 20 heavy (non-hydrogen) atoms. The minimum Gasteiger partial charge on any atom is -0.373 e. The molecule has 0 N–H and O–H groups in total. The fourth-order valence-electron chi connectivity index (χ4n) is 3.04. The summed E-state index contributed by atoms with van der Waals surface area (Å²) in [6.07, 6.45) is 8.55. The van der Waals surface area contributed by atoms with Crippen LogP contribution in [0.3, 0.4) is 0 Å². The van der Waals surface area contributed by atoms with Crippen LogP contribution < -0.4 is 4.90 Å². The Bertz CT molecular complexity index is 359. The molecule has 0 radical (unpaired) electrons. The van der Waals surface area contributed by atoms with Gasteiger partial charge >= 0.3 is 0 Å². The minimum atomic E-state index is 0.359. The summed E-state index contributed by atoms with van der Waals surface area (Å²) in [4.78, 5) is 2.43. The summed E-state index contributed by atoms with van der Waals surface area (Å²) in [6, 6.07) is 10.7. The largest absolute Gasteiger partial charge is 0.373 e. The molecule has 112 valence electrons. The Balaban J connectivity index is 1.90. The molecule has 2 nitrogen and oxygen atoms in total. The van der Waals surface area contributed by atoms with Gasteiger partial charge in [0.25, 0.3) is 0 Å². The molecule has 1 aliphatic carbocycles. The quantitative estimate of drug-likeness (QED) is 0.718. The van der Waals surface area contributed by atoms with E-state index >= 15 is 0 Å². The maximum atomic E-state index is 6.35. The van der Waals surface area contributed by atoms with Crippen LogP contribution in [0.1, 0.15) is 52.4 Å². The summed E-state index contributed by atoms with van der Waals surface area (Å²) in [6.45, 7) is 6.51. The van der Waals surface area contributed by atoms with Crippen LogP contribution in [-0.4, -0.2) is 25.3 Å². The minimum absolute atomic E-state index is 0.359. The van der Waals surface area contributed by atoms with Gasteiger partial charge in [-0.1, -0.05) is 44.4 Å². The number of hydrogen-bond donors (Lipinski definition) is 0. The van der Waals surface area contributed by atoms with E-state index in [1.807, 2.05) is 0 Å². The molecule has 1 saturated carbocycles. The maximum Gasteiger partial charge on any atom is 0.0751 e. The molecule has 0 saturated heterocycles. The first-order chi connectivity index (χ1) is 9.83. The zero-order valence-corrected chi connectivity index (χ0v) is 13.1. The molecule has 0 aromatic heterocycles. The van der Waals surface area contributed by atoms with Gasteiger partial charge in [-0.25, -0.2) is 0 Å². The van der Waals surface area contributed by atoms with E-state index in [9.17, 15) is 0 Å². The zero-order valence-electron chi connectivity index (χ0n) is 13.1. The number of anilines is 1. The first kappa shape index (κ1) is 15.4. The molecule has 1 aromatic carbocycles. The lowest BCUT2D eigenvalue weighted by Crippen LogP contribution is -2.36. The third kappa shape index (κ3) is 4.52. The summed E-state index contributed by atoms with van der Waals surface area (Å²) in [7, 11) is 0. The number of ether oxygens (including phenoxy) is 1. The Labute approximate surface area is 124 Å². The number of hydrogen-bond acceptors (Lipinski definition) is 2. The third-order valence-electron chi connectivity index (χ3n) is 4.32. The van der Waals surface area contributed by atoms with Crippen LogP contribution in [0.15, 0.2) is 30.3 Å². The van der Waals surface area contributed by atoms with Gasteiger partial charge in [0.2, 0.25) is 0 Å². The Morgan fingerprint density at radius 2 is 1.80 bits per heavy atom. The molecule has 1 fully saturated rings. The number of nitrogens with zero attached hydrogens (tertiary/aromatic N) is 1. The molecular weight excluding hydrogens is 246 g/mol. The molecular formula is C18H29NO. The standard InChI is InChI=1S/C18H29NO/c1-3-17(20-18-13-9-6-10-14-18)15-19(4-2)16-11-7-5-8-12-16/h5,7-8,11-12,17-18H,3-4,6,9-10,13-15H2,1-2H3. The predicted octanol–water partition coefficient (Wildman–Crippen LogP) is 4.64. The Hall–Kier alpha value is -1.02. The van der Waals surface area contributed by atoms with E-state index in [1.165, 1.54) is 37.8 Å². The number of benzene rings is 1. The van der Waals surface area contributed by atoms with Crippen molar-refractivity contribution in [1.82, 2.24) is 0 Å². The number of rotatable bonds is 7. The van der Waals surface area contributed by atoms with Gasteiger partial charge in [0, 0.05) is 18.8 Å². The van der Waals surface area contributed by atoms with Crippen LogP contribution in [0.4, 0.5) is 5.69 Å². The molecule has 0 amide bonds. The van der Waals surface area contributed by atoms with Gasteiger partial charge in [-0.2, -0.15) is 0 Å². The van der Waals surface area contributed by atoms with E-state index in [4.69, 9.17) is 4.74 Å². The highest BCUT2D eigenvalue weighted by Crippen LogP contribution is 2.23. The van der Waals surface area contributed by atoms with Crippen molar-refractivity contribution in [3.05, 3.63) is 30.3 Å². The van der Waals surface area contributed by atoms with Crippen LogP contribution >= 0.6 is 0 Å². The van der Waals surface area contributed by atoms with Crippen molar-refractivity contribution < 1.29 is 4.74 Å². The Kier molecular flexibility index (Phi) is 6.38. The predicted molar refractivity (Wildman–Crippen MR) is 86.4 cm³/mol. The van der Waals surface area contributed by atoms with E-state index in [1.54, 1.807) is 0 Å². The van der Waals surface area contributed by atoms with Gasteiger partial charge in [-0.05, 0) is 38.3 Å². The number of likely N-dealkylation sites (N-methyl/N-ethyl adjacent to an activating group) is 1. The summed E-state index contributed by atoms with van der Waals surface area (Å²) >= 11 is 0. The average Bonchev–Trinajstić information content (AvgIpc) is 2.53. The van der Waals surface area contributed by atoms with Crippen LogP contribution in [0.5, 0.6) is 0 Å². The highest BCUT2D eigenvalue weighted by atomic mass is 16.5. The zero-order chi connectivity index (χ0) is 14.2. The summed E-state index contributed by atoms with van der Waals surface area (Å²) in [5, 5.41) is 0. The van der Waals surface area contributed by atoms with Crippen LogP contribution in [0.25, 0.3) is 0 Å². The number of para-hydroxylation sites is 1. The van der Waals surface area contributed by atoms with Crippen molar-refractivity contribution in [3.8, 4) is 0 Å². The average molecular weight is 275 g/mol. The molecule has 2 rings (SSSR count). The SMILES string of the molecule is CCC(CN(CC)c1ccccc1)OC1CCCCC1. The summed E-state index contributed by atoms with van der Waals surface area (Å²) in [5.41, 5.74) is 1.31. The summed E-state index contributed by atoms with van der Waals surface area (Å²) < 4.78 is 6.35. The summed E-state index contributed by atoms with van der Waals surface area (Å²) in [5.74, 6) is 0. The first-order valence-electron chi connectivity index (χ1n) is 8.29. The fraction of sp³-hybridized carbons (Fsp3) is 0.667. The maximum absolute atomic E-state index is 6.35. The smallest absolute Gasteiger partial charge is 0.0751 e. The fourth-order valence-corrected chi connectivity index (χ4v) is 3.04. The van der Waals surface area contributed by atoms with Crippen LogP contribution in [0, 0.1) is 0 Å². The molecule has 1 unspecified atom stereocenters. The van der Waals surface area contributed by atoms with Crippen molar-refractivity contribution in [3.63, 3.8) is 0 Å². The van der Waals surface area contributed by atoms with Gasteiger partial charge in [-0.3, -0.25) is 0 Å². The molecule has 2 heteroatoms. The molecule has 1 aromatic rings. The van der Waals surface area contributed by atoms with Gasteiger partial charge in [0.15, 0.2) is 0 Å². The van der Waals surface area contributed by atoms with Gasteiger partial charge in [0.05, 0.1) is 12.2 Å². The van der Waals surface area contributed by atoms with E-state index in [2.05, 4.69) is 49.1 Å². The van der Waals surface area contributed by atoms with E-state index < -0.39 is 0 Å². The van der Waals surface area contributed by atoms with E-state index in [-0.39, 0.29) is 0 Å². The van der Waals surface area contributed by atoms with Gasteiger partial charge < -0.3 is 9.64 Å². The molecule has 0 aliphatic heterocycles. The van der Waals surface area contributed by atoms with Crippen molar-refractivity contribution in [1.29, 1.82) is 0 Å². The lowest BCUT2D eigenvalue weighted by molar-refractivity contribution is -0.0272. The molecule has 1 atom stereocenters. The second-order valence-corrected chi connectivity index (χ2v) is 5.80. The molecule has 0 heterocycles. The van der Waals surface area contributed by atoms with Crippen LogP contribution in [-0.2, 0) is 4.74 Å². The molecule has 1 aliphatic rings. The third-order valence-corrected chi connectivity index (χ3v) is 4.32. The highest BCUT2D eigenvalue weighted by molar-refractivity contribution is 5.45. The Morgan fingerprint density at radius 1 is 1.10 bits per heavy atom. The lowest BCUT2D eigenvalue weighted by atomic mass is 9.97. The second-order valence-electron chi connectivity index (χ2n) is 5.80. The van der Waals surface area contributed by atoms with Crippen molar-refractivity contribution >= 4 is 5.69 Å². The first-order valence-corrected chi connectivity index (χ1v) is 8.29.